The Kier molecular flexibility index (Phi) is 6.33. The molecule has 140 valence electrons. The van der Waals surface area contributed by atoms with E-state index < -0.39 is 0 Å². The smallest absolute Gasteiger partial charge is 0.224 e. The molecule has 3 rings (SSSR count). The van der Waals surface area contributed by atoms with Gasteiger partial charge in [0.2, 0.25) is 5.88 Å². The van der Waals surface area contributed by atoms with E-state index in [2.05, 4.69) is 40.5 Å². The topological polar surface area (TPSA) is 41.5 Å². The molecule has 0 aliphatic carbocycles. The van der Waals surface area contributed by atoms with Crippen molar-refractivity contribution in [1.29, 1.82) is 0 Å². The van der Waals surface area contributed by atoms with Gasteiger partial charge in [0.1, 0.15) is 17.9 Å². The standard InChI is InChI=1S/C20H27ClN4O/c1-15(2)8-9-24-10-11-25(13-16(24)3)19-12-20(23-14-22-19)26-18-6-4-17(21)5-7-18/h4-7,12,14-16H,8-11,13H2,1-3H3/t16-/m0/s1. The molecule has 2 aromatic rings. The Bertz CT molecular complexity index is 707. The zero-order valence-corrected chi connectivity index (χ0v) is 16.5. The molecule has 6 heteroatoms. The summed E-state index contributed by atoms with van der Waals surface area (Å²) in [6.45, 7) is 11.0. The molecule has 0 unspecified atom stereocenters. The molecular weight excluding hydrogens is 348 g/mol. The Morgan fingerprint density at radius 1 is 1.19 bits per heavy atom. The highest BCUT2D eigenvalue weighted by Gasteiger charge is 2.24. The summed E-state index contributed by atoms with van der Waals surface area (Å²) >= 11 is 5.91. The average molecular weight is 375 g/mol. The summed E-state index contributed by atoms with van der Waals surface area (Å²) in [4.78, 5) is 13.6. The van der Waals surface area contributed by atoms with Crippen LogP contribution in [0.5, 0.6) is 11.6 Å². The molecule has 0 bridgehead atoms. The van der Waals surface area contributed by atoms with Gasteiger partial charge in [-0.25, -0.2) is 9.97 Å². The lowest BCUT2D eigenvalue weighted by molar-refractivity contribution is 0.179. The van der Waals surface area contributed by atoms with Crippen LogP contribution in [0.4, 0.5) is 5.82 Å². The summed E-state index contributed by atoms with van der Waals surface area (Å²) in [7, 11) is 0. The molecule has 1 aromatic carbocycles. The summed E-state index contributed by atoms with van der Waals surface area (Å²) in [6.07, 6.45) is 2.81. The van der Waals surface area contributed by atoms with Gasteiger partial charge in [-0.05, 0) is 50.1 Å². The number of hydrogen-bond acceptors (Lipinski definition) is 5. The molecule has 1 fully saturated rings. The number of anilines is 1. The molecule has 0 spiro atoms. The average Bonchev–Trinajstić information content (AvgIpc) is 2.63. The number of nitrogens with zero attached hydrogens (tertiary/aromatic N) is 4. The fraction of sp³-hybridized carbons (Fsp3) is 0.500. The van der Waals surface area contributed by atoms with Gasteiger partial charge in [-0.1, -0.05) is 25.4 Å². The van der Waals surface area contributed by atoms with E-state index in [0.717, 1.165) is 31.4 Å². The molecule has 0 radical (unpaired) electrons. The molecule has 1 aliphatic heterocycles. The molecule has 0 saturated carbocycles. The van der Waals surface area contributed by atoms with Gasteiger partial charge in [0, 0.05) is 36.8 Å². The van der Waals surface area contributed by atoms with Crippen LogP contribution in [0.2, 0.25) is 5.02 Å². The number of ether oxygens (including phenoxy) is 1. The van der Waals surface area contributed by atoms with E-state index in [9.17, 15) is 0 Å². The highest BCUT2D eigenvalue weighted by Crippen LogP contribution is 2.25. The van der Waals surface area contributed by atoms with Crippen LogP contribution < -0.4 is 9.64 Å². The van der Waals surface area contributed by atoms with Gasteiger partial charge in [-0.15, -0.1) is 0 Å². The Balaban J connectivity index is 1.62. The molecule has 26 heavy (non-hydrogen) atoms. The van der Waals surface area contributed by atoms with Gasteiger partial charge < -0.3 is 9.64 Å². The molecule has 0 amide bonds. The Morgan fingerprint density at radius 2 is 1.96 bits per heavy atom. The molecule has 1 atom stereocenters. The molecule has 0 N–H and O–H groups in total. The maximum absolute atomic E-state index is 5.91. The Morgan fingerprint density at radius 3 is 2.65 bits per heavy atom. The summed E-state index contributed by atoms with van der Waals surface area (Å²) in [5.41, 5.74) is 0. The number of piperazine rings is 1. The van der Waals surface area contributed by atoms with Gasteiger partial charge in [0.25, 0.3) is 0 Å². The summed E-state index contributed by atoms with van der Waals surface area (Å²) in [5.74, 6) is 2.92. The van der Waals surface area contributed by atoms with Crippen molar-refractivity contribution < 1.29 is 4.74 Å². The second kappa shape index (κ2) is 8.69. The van der Waals surface area contributed by atoms with Gasteiger partial charge in [0.05, 0.1) is 0 Å². The molecule has 1 aliphatic rings. The number of benzene rings is 1. The first-order chi connectivity index (χ1) is 12.5. The minimum atomic E-state index is 0.512. The summed E-state index contributed by atoms with van der Waals surface area (Å²) in [6, 6.07) is 9.69. The summed E-state index contributed by atoms with van der Waals surface area (Å²) < 4.78 is 5.83. The van der Waals surface area contributed by atoms with E-state index >= 15 is 0 Å². The van der Waals surface area contributed by atoms with E-state index in [1.54, 1.807) is 18.5 Å². The fourth-order valence-electron chi connectivity index (χ4n) is 3.14. The van der Waals surface area contributed by atoms with Crippen molar-refractivity contribution in [3.63, 3.8) is 0 Å². The van der Waals surface area contributed by atoms with Crippen molar-refractivity contribution in [2.45, 2.75) is 33.2 Å². The zero-order valence-electron chi connectivity index (χ0n) is 15.7. The second-order valence-corrected chi connectivity index (χ2v) is 7.72. The van der Waals surface area contributed by atoms with E-state index in [-0.39, 0.29) is 0 Å². The molecular formula is C20H27ClN4O. The van der Waals surface area contributed by atoms with Crippen LogP contribution in [0.15, 0.2) is 36.7 Å². The summed E-state index contributed by atoms with van der Waals surface area (Å²) in [5, 5.41) is 0.685. The van der Waals surface area contributed by atoms with E-state index in [0.29, 0.717) is 22.7 Å². The molecule has 2 heterocycles. The number of hydrogen-bond donors (Lipinski definition) is 0. The first kappa shape index (κ1) is 18.9. The first-order valence-electron chi connectivity index (χ1n) is 9.25. The molecule has 1 aromatic heterocycles. The highest BCUT2D eigenvalue weighted by molar-refractivity contribution is 6.30. The van der Waals surface area contributed by atoms with Crippen LogP contribution in [0.3, 0.4) is 0 Å². The Hall–Kier alpha value is -1.85. The SMILES string of the molecule is CC(C)CCN1CCN(c2cc(Oc3ccc(Cl)cc3)ncn2)C[C@@H]1C. The number of halogens is 1. The van der Waals surface area contributed by atoms with Gasteiger partial charge in [-0.2, -0.15) is 0 Å². The third-order valence-electron chi connectivity index (χ3n) is 4.75. The van der Waals surface area contributed by atoms with Crippen LogP contribution in [0.25, 0.3) is 0 Å². The maximum Gasteiger partial charge on any atom is 0.224 e. The number of rotatable bonds is 6. The van der Waals surface area contributed by atoms with Crippen molar-refractivity contribution >= 4 is 17.4 Å². The normalized spacial score (nSPS) is 18.3. The van der Waals surface area contributed by atoms with Gasteiger partial charge in [0.15, 0.2) is 0 Å². The molecule has 1 saturated heterocycles. The van der Waals surface area contributed by atoms with Gasteiger partial charge in [-0.3, -0.25) is 4.90 Å². The lowest BCUT2D eigenvalue weighted by Gasteiger charge is -2.40. The molecule has 5 nitrogen and oxygen atoms in total. The monoisotopic (exact) mass is 374 g/mol. The van der Waals surface area contributed by atoms with E-state index in [4.69, 9.17) is 16.3 Å². The van der Waals surface area contributed by atoms with Crippen molar-refractivity contribution in [2.75, 3.05) is 31.1 Å². The largest absolute Gasteiger partial charge is 0.439 e. The van der Waals surface area contributed by atoms with Crippen LogP contribution in [0, 0.1) is 5.92 Å². The fourth-order valence-corrected chi connectivity index (χ4v) is 3.27. The maximum atomic E-state index is 5.91. The van der Waals surface area contributed by atoms with Crippen molar-refractivity contribution in [2.24, 2.45) is 5.92 Å². The third kappa shape index (κ3) is 5.08. The lowest BCUT2D eigenvalue weighted by atomic mass is 10.1. The lowest BCUT2D eigenvalue weighted by Crippen LogP contribution is -2.52. The van der Waals surface area contributed by atoms with Crippen molar-refractivity contribution in [1.82, 2.24) is 14.9 Å². The van der Waals surface area contributed by atoms with Crippen molar-refractivity contribution in [3.05, 3.63) is 41.7 Å². The van der Waals surface area contributed by atoms with Crippen molar-refractivity contribution in [3.8, 4) is 11.6 Å². The minimum Gasteiger partial charge on any atom is -0.439 e. The first-order valence-corrected chi connectivity index (χ1v) is 9.63. The van der Waals surface area contributed by atoms with E-state index in [1.165, 1.54) is 13.0 Å². The van der Waals surface area contributed by atoms with Crippen LogP contribution in [0.1, 0.15) is 27.2 Å². The highest BCUT2D eigenvalue weighted by atomic mass is 35.5. The predicted octanol–water partition coefficient (Wildman–Crippen LogP) is 4.48. The van der Waals surface area contributed by atoms with Crippen LogP contribution >= 0.6 is 11.6 Å². The number of aromatic nitrogens is 2. The predicted molar refractivity (Wildman–Crippen MR) is 106 cm³/mol. The van der Waals surface area contributed by atoms with E-state index in [1.807, 2.05) is 18.2 Å². The third-order valence-corrected chi connectivity index (χ3v) is 5.00. The van der Waals surface area contributed by atoms with Crippen LogP contribution in [-0.4, -0.2) is 47.1 Å². The van der Waals surface area contributed by atoms with Crippen LogP contribution in [-0.2, 0) is 0 Å². The minimum absolute atomic E-state index is 0.512. The Labute approximate surface area is 161 Å². The quantitative estimate of drug-likeness (QED) is 0.745. The zero-order chi connectivity index (χ0) is 18.5. The van der Waals surface area contributed by atoms with Gasteiger partial charge >= 0.3 is 0 Å². The second-order valence-electron chi connectivity index (χ2n) is 7.28.